The molecule has 0 aliphatic heterocycles. The number of hydrogen-bond acceptors (Lipinski definition) is 2. The molecule has 4 rings (SSSR count). The van der Waals surface area contributed by atoms with E-state index in [0.717, 1.165) is 12.3 Å². The van der Waals surface area contributed by atoms with Gasteiger partial charge in [-0.25, -0.2) is 0 Å². The molecule has 0 saturated heterocycles. The van der Waals surface area contributed by atoms with Gasteiger partial charge in [-0.05, 0) is 85.0 Å². The predicted octanol–water partition coefficient (Wildman–Crippen LogP) is 5.39. The summed E-state index contributed by atoms with van der Waals surface area (Å²) >= 11 is 0. The zero-order chi connectivity index (χ0) is 17.4. The van der Waals surface area contributed by atoms with E-state index in [9.17, 15) is 0 Å². The molecule has 2 nitrogen and oxygen atoms in total. The van der Waals surface area contributed by atoms with Crippen molar-refractivity contribution < 1.29 is 0 Å². The third-order valence-electron chi connectivity index (χ3n) is 6.18. The van der Waals surface area contributed by atoms with Crippen LogP contribution in [0.1, 0.15) is 85.5 Å². The van der Waals surface area contributed by atoms with Crippen LogP contribution < -0.4 is 0 Å². The molecule has 2 aromatic heterocycles. The minimum Gasteiger partial charge on any atom is -0.261 e. The van der Waals surface area contributed by atoms with Crippen LogP contribution in [0.5, 0.6) is 0 Å². The van der Waals surface area contributed by atoms with Crippen molar-refractivity contribution in [3.05, 3.63) is 58.2 Å². The summed E-state index contributed by atoms with van der Waals surface area (Å²) in [5, 5.41) is 0. The fourth-order valence-corrected chi connectivity index (χ4v) is 4.57. The molecule has 0 fully saturated rings. The largest absolute Gasteiger partial charge is 0.261 e. The molecule has 25 heavy (non-hydrogen) atoms. The summed E-state index contributed by atoms with van der Waals surface area (Å²) in [4.78, 5) is 9.53. The first-order valence-electron chi connectivity index (χ1n) is 10.1. The molecular weight excluding hydrogens is 304 g/mol. The molecule has 0 bridgehead atoms. The van der Waals surface area contributed by atoms with Gasteiger partial charge in [0.15, 0.2) is 0 Å². The zero-order valence-corrected chi connectivity index (χ0v) is 15.9. The van der Waals surface area contributed by atoms with Crippen LogP contribution in [0.3, 0.4) is 0 Å². The summed E-state index contributed by atoms with van der Waals surface area (Å²) in [6.45, 7) is 6.88. The lowest BCUT2D eigenvalue weighted by Gasteiger charge is -2.20. The second-order valence-corrected chi connectivity index (χ2v) is 8.52. The van der Waals surface area contributed by atoms with E-state index in [1.807, 2.05) is 0 Å². The number of nitrogens with zero attached hydrogens (tertiary/aromatic N) is 2. The second-order valence-electron chi connectivity index (χ2n) is 8.52. The smallest absolute Gasteiger partial charge is 0.0438 e. The van der Waals surface area contributed by atoms with E-state index in [2.05, 4.69) is 45.3 Å². The van der Waals surface area contributed by atoms with Gasteiger partial charge >= 0.3 is 0 Å². The molecule has 2 aliphatic rings. The van der Waals surface area contributed by atoms with Crippen molar-refractivity contribution in [3.8, 4) is 0 Å². The SMILES string of the molecule is CC(C)c1cnc2c(c1)CC(CC(C)c1cnc3c(c1)CCCC3)C2. The van der Waals surface area contributed by atoms with Crippen molar-refractivity contribution in [2.75, 3.05) is 0 Å². The Morgan fingerprint density at radius 1 is 0.880 bits per heavy atom. The Labute approximate surface area is 152 Å². The van der Waals surface area contributed by atoms with Crippen molar-refractivity contribution in [3.63, 3.8) is 0 Å². The molecule has 2 aliphatic carbocycles. The second kappa shape index (κ2) is 6.90. The van der Waals surface area contributed by atoms with Crippen molar-refractivity contribution in [1.29, 1.82) is 0 Å². The molecule has 2 aromatic rings. The van der Waals surface area contributed by atoms with Gasteiger partial charge in [-0.3, -0.25) is 9.97 Å². The van der Waals surface area contributed by atoms with Crippen LogP contribution in [0.4, 0.5) is 0 Å². The van der Waals surface area contributed by atoms with Gasteiger partial charge in [-0.15, -0.1) is 0 Å². The third-order valence-corrected chi connectivity index (χ3v) is 6.18. The molecule has 0 radical (unpaired) electrons. The molecule has 2 heterocycles. The molecule has 0 aromatic carbocycles. The van der Waals surface area contributed by atoms with Gasteiger partial charge < -0.3 is 0 Å². The first kappa shape index (κ1) is 16.8. The molecule has 0 spiro atoms. The molecule has 2 atom stereocenters. The topological polar surface area (TPSA) is 25.8 Å². The molecule has 132 valence electrons. The van der Waals surface area contributed by atoms with E-state index in [-0.39, 0.29) is 0 Å². The van der Waals surface area contributed by atoms with E-state index in [1.54, 1.807) is 0 Å². The molecule has 2 heteroatoms. The summed E-state index contributed by atoms with van der Waals surface area (Å²) in [6.07, 6.45) is 12.9. The molecule has 0 saturated carbocycles. The summed E-state index contributed by atoms with van der Waals surface area (Å²) < 4.78 is 0. The third kappa shape index (κ3) is 3.49. The standard InChI is InChI=1S/C23H30N2/c1-15(2)20-12-19-9-17(10-23(19)25-13-20)8-16(3)21-11-18-6-4-5-7-22(18)24-14-21/h11-17H,4-10H2,1-3H3. The van der Waals surface area contributed by atoms with E-state index < -0.39 is 0 Å². The van der Waals surface area contributed by atoms with Crippen LogP contribution in [-0.4, -0.2) is 9.97 Å². The maximum atomic E-state index is 4.77. The van der Waals surface area contributed by atoms with Gasteiger partial charge in [0.05, 0.1) is 0 Å². The Balaban J connectivity index is 1.44. The van der Waals surface area contributed by atoms with Crippen LogP contribution in [0.15, 0.2) is 24.5 Å². The van der Waals surface area contributed by atoms with Gasteiger partial charge in [0.1, 0.15) is 0 Å². The van der Waals surface area contributed by atoms with Crippen LogP contribution >= 0.6 is 0 Å². The van der Waals surface area contributed by atoms with Crippen molar-refractivity contribution in [2.45, 2.75) is 77.6 Å². The van der Waals surface area contributed by atoms with E-state index in [0.29, 0.717) is 11.8 Å². The highest BCUT2D eigenvalue weighted by atomic mass is 14.7. The Morgan fingerprint density at radius 3 is 2.44 bits per heavy atom. The number of aryl methyl sites for hydroxylation is 2. The maximum Gasteiger partial charge on any atom is 0.0438 e. The zero-order valence-electron chi connectivity index (χ0n) is 15.9. The molecule has 0 N–H and O–H groups in total. The quantitative estimate of drug-likeness (QED) is 0.749. The number of rotatable bonds is 4. The first-order valence-corrected chi connectivity index (χ1v) is 10.1. The fraction of sp³-hybridized carbons (Fsp3) is 0.565. The lowest BCUT2D eigenvalue weighted by molar-refractivity contribution is 0.466. The first-order chi connectivity index (χ1) is 12.1. The Kier molecular flexibility index (Phi) is 4.62. The maximum absolute atomic E-state index is 4.77. The summed E-state index contributed by atoms with van der Waals surface area (Å²) in [5.41, 5.74) is 8.50. The fourth-order valence-electron chi connectivity index (χ4n) is 4.57. The highest BCUT2D eigenvalue weighted by Crippen LogP contribution is 2.34. The highest BCUT2D eigenvalue weighted by Gasteiger charge is 2.25. The lowest BCUT2D eigenvalue weighted by Crippen LogP contribution is -2.10. The predicted molar refractivity (Wildman–Crippen MR) is 103 cm³/mol. The highest BCUT2D eigenvalue weighted by molar-refractivity contribution is 5.32. The molecule has 0 amide bonds. The Hall–Kier alpha value is -1.70. The van der Waals surface area contributed by atoms with Crippen LogP contribution in [-0.2, 0) is 25.7 Å². The van der Waals surface area contributed by atoms with E-state index in [1.165, 1.54) is 72.2 Å². The minimum absolute atomic E-state index is 0.567. The Bertz CT molecular complexity index is 763. The van der Waals surface area contributed by atoms with Crippen LogP contribution in [0, 0.1) is 5.92 Å². The van der Waals surface area contributed by atoms with Crippen molar-refractivity contribution in [1.82, 2.24) is 9.97 Å². The molecule has 2 unspecified atom stereocenters. The van der Waals surface area contributed by atoms with Crippen molar-refractivity contribution >= 4 is 0 Å². The van der Waals surface area contributed by atoms with Gasteiger partial charge in [0.25, 0.3) is 0 Å². The number of pyridine rings is 2. The van der Waals surface area contributed by atoms with Gasteiger partial charge in [-0.1, -0.05) is 32.9 Å². The van der Waals surface area contributed by atoms with E-state index >= 15 is 0 Å². The normalized spacial score (nSPS) is 20.4. The van der Waals surface area contributed by atoms with Gasteiger partial charge in [0, 0.05) is 23.8 Å². The van der Waals surface area contributed by atoms with Gasteiger partial charge in [0.2, 0.25) is 0 Å². The summed E-state index contributed by atoms with van der Waals surface area (Å²) in [5.74, 6) is 1.89. The average molecular weight is 335 g/mol. The van der Waals surface area contributed by atoms with Crippen LogP contribution in [0.25, 0.3) is 0 Å². The van der Waals surface area contributed by atoms with Crippen molar-refractivity contribution in [2.24, 2.45) is 5.92 Å². The number of fused-ring (bicyclic) bond motifs is 2. The Morgan fingerprint density at radius 2 is 1.60 bits per heavy atom. The molecular formula is C23H30N2. The minimum atomic E-state index is 0.567. The van der Waals surface area contributed by atoms with E-state index in [4.69, 9.17) is 9.97 Å². The lowest BCUT2D eigenvalue weighted by atomic mass is 9.87. The monoisotopic (exact) mass is 334 g/mol. The average Bonchev–Trinajstić information content (AvgIpc) is 3.02. The van der Waals surface area contributed by atoms with Crippen LogP contribution in [0.2, 0.25) is 0 Å². The number of aromatic nitrogens is 2. The summed E-state index contributed by atoms with van der Waals surface area (Å²) in [7, 11) is 0. The summed E-state index contributed by atoms with van der Waals surface area (Å²) in [6, 6.07) is 4.85. The van der Waals surface area contributed by atoms with Gasteiger partial charge in [-0.2, -0.15) is 0 Å². The number of hydrogen-bond donors (Lipinski definition) is 0.